The predicted octanol–water partition coefficient (Wildman–Crippen LogP) is 0.423. The maximum Gasteiger partial charge on any atom is 0.360 e. The van der Waals surface area contributed by atoms with Crippen LogP contribution in [-0.4, -0.2) is 40.9 Å². The normalized spacial score (nSPS) is 10.1. The lowest BCUT2D eigenvalue weighted by molar-refractivity contribution is 0.0585. The van der Waals surface area contributed by atoms with Crippen LogP contribution < -0.4 is 5.73 Å². The van der Waals surface area contributed by atoms with Crippen molar-refractivity contribution in [3.8, 4) is 5.69 Å². The van der Waals surface area contributed by atoms with Crippen LogP contribution in [-0.2, 0) is 9.47 Å². The highest BCUT2D eigenvalue weighted by Gasteiger charge is 2.16. The summed E-state index contributed by atoms with van der Waals surface area (Å²) in [5, 5.41) is 4.01. The van der Waals surface area contributed by atoms with Gasteiger partial charge in [0.15, 0.2) is 5.69 Å². The molecule has 20 heavy (non-hydrogen) atoms. The molecule has 2 aromatic heterocycles. The van der Waals surface area contributed by atoms with E-state index in [1.54, 1.807) is 6.07 Å². The van der Waals surface area contributed by atoms with Gasteiger partial charge in [-0.15, -0.1) is 0 Å². The van der Waals surface area contributed by atoms with E-state index in [9.17, 15) is 9.59 Å². The summed E-state index contributed by atoms with van der Waals surface area (Å²) in [4.78, 5) is 26.7. The Bertz CT molecular complexity index is 665. The topological polar surface area (TPSA) is 109 Å². The molecule has 8 heteroatoms. The zero-order valence-corrected chi connectivity index (χ0v) is 10.9. The maximum absolute atomic E-state index is 11.4. The largest absolute Gasteiger partial charge is 0.464 e. The molecule has 0 saturated carbocycles. The number of carbonyl (C=O) groups excluding carboxylic acids is 2. The number of nitrogens with two attached hydrogens (primary N) is 1. The van der Waals surface area contributed by atoms with Gasteiger partial charge in [-0.1, -0.05) is 0 Å². The Morgan fingerprint density at radius 2 is 1.95 bits per heavy atom. The molecule has 0 aromatic carbocycles. The van der Waals surface area contributed by atoms with Gasteiger partial charge < -0.3 is 15.2 Å². The molecular weight excluding hydrogens is 264 g/mol. The summed E-state index contributed by atoms with van der Waals surface area (Å²) in [5.41, 5.74) is 6.51. The van der Waals surface area contributed by atoms with Crippen LogP contribution in [0.5, 0.6) is 0 Å². The molecule has 104 valence electrons. The van der Waals surface area contributed by atoms with Crippen molar-refractivity contribution in [2.75, 3.05) is 20.0 Å². The molecule has 0 amide bonds. The number of rotatable bonds is 3. The molecule has 0 aliphatic carbocycles. The Balaban J connectivity index is 2.42. The van der Waals surface area contributed by atoms with Crippen LogP contribution in [0, 0.1) is 0 Å². The molecule has 0 fully saturated rings. The molecule has 0 aliphatic rings. The van der Waals surface area contributed by atoms with Crippen molar-refractivity contribution in [2.45, 2.75) is 0 Å². The van der Waals surface area contributed by atoms with Crippen LogP contribution >= 0.6 is 0 Å². The van der Waals surface area contributed by atoms with E-state index in [1.165, 1.54) is 37.4 Å². The molecule has 2 N–H and O–H groups in total. The van der Waals surface area contributed by atoms with Crippen LogP contribution in [0.2, 0.25) is 0 Å². The molecule has 2 heterocycles. The minimum absolute atomic E-state index is 0.00364. The van der Waals surface area contributed by atoms with Crippen molar-refractivity contribution < 1.29 is 19.1 Å². The number of nitrogens with zero attached hydrogens (tertiary/aromatic N) is 3. The fourth-order valence-electron chi connectivity index (χ4n) is 1.55. The van der Waals surface area contributed by atoms with E-state index in [4.69, 9.17) is 5.73 Å². The molecule has 0 bridgehead atoms. The number of ether oxygens (including phenoxy) is 2. The quantitative estimate of drug-likeness (QED) is 0.809. The van der Waals surface area contributed by atoms with Crippen molar-refractivity contribution in [3.05, 3.63) is 35.9 Å². The van der Waals surface area contributed by atoms with Gasteiger partial charge >= 0.3 is 11.9 Å². The number of methoxy groups -OCH3 is 2. The number of hydrogen-bond donors (Lipinski definition) is 1. The van der Waals surface area contributed by atoms with Crippen molar-refractivity contribution >= 4 is 17.6 Å². The predicted molar refractivity (Wildman–Crippen MR) is 68.5 cm³/mol. The second-order valence-electron chi connectivity index (χ2n) is 3.76. The molecular formula is C12H12N4O4. The minimum Gasteiger partial charge on any atom is -0.464 e. The summed E-state index contributed by atoms with van der Waals surface area (Å²) in [6, 6.07) is 3.08. The average Bonchev–Trinajstić information content (AvgIpc) is 2.87. The van der Waals surface area contributed by atoms with Crippen LogP contribution in [0.15, 0.2) is 24.5 Å². The lowest BCUT2D eigenvalue weighted by atomic mass is 10.3. The van der Waals surface area contributed by atoms with E-state index < -0.39 is 11.9 Å². The van der Waals surface area contributed by atoms with Crippen molar-refractivity contribution in [1.82, 2.24) is 14.8 Å². The zero-order valence-electron chi connectivity index (χ0n) is 10.9. The van der Waals surface area contributed by atoms with Crippen molar-refractivity contribution in [1.29, 1.82) is 0 Å². The zero-order chi connectivity index (χ0) is 14.7. The van der Waals surface area contributed by atoms with Gasteiger partial charge in [0, 0.05) is 6.20 Å². The second-order valence-corrected chi connectivity index (χ2v) is 3.76. The standard InChI is InChI=1S/C12H12N4O4/c1-19-11(17)9-5-7(3-4-14-9)16-6-8(13)10(15-16)12(18)20-2/h3-6H,13H2,1-2H3. The number of aromatic nitrogens is 3. The van der Waals surface area contributed by atoms with Gasteiger partial charge in [-0.3, -0.25) is 0 Å². The number of nitrogen functional groups attached to an aromatic ring is 1. The number of carbonyl (C=O) groups is 2. The lowest BCUT2D eigenvalue weighted by Gasteiger charge is -2.03. The smallest absolute Gasteiger partial charge is 0.360 e. The Morgan fingerprint density at radius 3 is 2.60 bits per heavy atom. The molecule has 0 aliphatic heterocycles. The van der Waals surface area contributed by atoms with Crippen molar-refractivity contribution in [2.24, 2.45) is 0 Å². The first-order chi connectivity index (χ1) is 9.56. The third-order valence-corrected chi connectivity index (χ3v) is 2.52. The molecule has 0 unspecified atom stereocenters. The summed E-state index contributed by atoms with van der Waals surface area (Å²) >= 11 is 0. The van der Waals surface area contributed by atoms with E-state index in [2.05, 4.69) is 19.6 Å². The summed E-state index contributed by atoms with van der Waals surface area (Å²) in [5.74, 6) is -1.20. The van der Waals surface area contributed by atoms with Gasteiger partial charge in [0.05, 0.1) is 31.8 Å². The highest BCUT2D eigenvalue weighted by atomic mass is 16.5. The number of pyridine rings is 1. The Hall–Kier alpha value is -2.90. The van der Waals surface area contributed by atoms with E-state index >= 15 is 0 Å². The summed E-state index contributed by atoms with van der Waals surface area (Å²) in [7, 11) is 2.50. The average molecular weight is 276 g/mol. The van der Waals surface area contributed by atoms with Crippen LogP contribution in [0.25, 0.3) is 5.69 Å². The van der Waals surface area contributed by atoms with Gasteiger partial charge in [-0.05, 0) is 12.1 Å². The fraction of sp³-hybridized carbons (Fsp3) is 0.167. The fourth-order valence-corrected chi connectivity index (χ4v) is 1.55. The number of anilines is 1. The Labute approximate surface area is 114 Å². The summed E-state index contributed by atoms with van der Waals surface area (Å²) < 4.78 is 10.5. The number of esters is 2. The molecule has 8 nitrogen and oxygen atoms in total. The first-order valence-corrected chi connectivity index (χ1v) is 5.55. The molecule has 2 aromatic rings. The van der Waals surface area contributed by atoms with Gasteiger partial charge in [-0.25, -0.2) is 19.3 Å². The van der Waals surface area contributed by atoms with Gasteiger partial charge in [0.1, 0.15) is 5.69 Å². The number of hydrogen-bond acceptors (Lipinski definition) is 7. The first-order valence-electron chi connectivity index (χ1n) is 5.55. The van der Waals surface area contributed by atoms with Crippen LogP contribution in [0.4, 0.5) is 5.69 Å². The SMILES string of the molecule is COC(=O)c1cc(-n2cc(N)c(C(=O)OC)n2)ccn1. The third kappa shape index (κ3) is 2.44. The van der Waals surface area contributed by atoms with E-state index in [0.29, 0.717) is 5.69 Å². The van der Waals surface area contributed by atoms with Crippen LogP contribution in [0.3, 0.4) is 0 Å². The van der Waals surface area contributed by atoms with Gasteiger partial charge in [0.2, 0.25) is 0 Å². The van der Waals surface area contributed by atoms with Crippen molar-refractivity contribution in [3.63, 3.8) is 0 Å². The van der Waals surface area contributed by atoms with E-state index in [0.717, 1.165) is 0 Å². The minimum atomic E-state index is -0.636. The van der Waals surface area contributed by atoms with E-state index in [-0.39, 0.29) is 17.1 Å². The van der Waals surface area contributed by atoms with Crippen LogP contribution in [0.1, 0.15) is 21.0 Å². The molecule has 0 saturated heterocycles. The second kappa shape index (κ2) is 5.39. The monoisotopic (exact) mass is 276 g/mol. The lowest BCUT2D eigenvalue weighted by Crippen LogP contribution is -2.07. The molecule has 2 rings (SSSR count). The molecule has 0 radical (unpaired) electrons. The highest BCUT2D eigenvalue weighted by molar-refractivity contribution is 5.92. The Morgan fingerprint density at radius 1 is 1.25 bits per heavy atom. The maximum atomic E-state index is 11.4. The summed E-state index contributed by atoms with van der Waals surface area (Å²) in [6.45, 7) is 0. The highest BCUT2D eigenvalue weighted by Crippen LogP contribution is 2.15. The first kappa shape index (κ1) is 13.5. The van der Waals surface area contributed by atoms with E-state index in [1.807, 2.05) is 0 Å². The van der Waals surface area contributed by atoms with Gasteiger partial charge in [-0.2, -0.15) is 5.10 Å². The summed E-state index contributed by atoms with van der Waals surface area (Å²) in [6.07, 6.45) is 2.87. The van der Waals surface area contributed by atoms with Gasteiger partial charge in [0.25, 0.3) is 0 Å². The molecule has 0 spiro atoms. The Kier molecular flexibility index (Phi) is 3.65. The molecule has 0 atom stereocenters. The third-order valence-electron chi connectivity index (χ3n) is 2.52.